The van der Waals surface area contributed by atoms with Crippen LogP contribution in [0.1, 0.15) is 28.4 Å². The van der Waals surface area contributed by atoms with Crippen LogP contribution in [0, 0.1) is 5.92 Å². The van der Waals surface area contributed by atoms with E-state index in [9.17, 15) is 4.79 Å². The number of nitrogens with two attached hydrogens (primary N) is 1. The summed E-state index contributed by atoms with van der Waals surface area (Å²) in [7, 11) is 0. The van der Waals surface area contributed by atoms with E-state index in [2.05, 4.69) is 47.5 Å². The molecule has 25 heavy (non-hydrogen) atoms. The Hall–Kier alpha value is -2.17. The van der Waals surface area contributed by atoms with Crippen LogP contribution < -0.4 is 11.1 Å². The molecule has 2 aromatic carbocycles. The molecule has 1 aliphatic heterocycles. The third-order valence-electron chi connectivity index (χ3n) is 4.97. The fourth-order valence-corrected chi connectivity index (χ4v) is 3.59. The quantitative estimate of drug-likeness (QED) is 0.816. The lowest BCUT2D eigenvalue weighted by atomic mass is 10.1. The molecule has 4 heteroatoms. The number of hydrogen-bond donors (Lipinski definition) is 2. The van der Waals surface area contributed by atoms with Gasteiger partial charge < -0.3 is 11.1 Å². The first-order chi connectivity index (χ1) is 12.1. The maximum absolute atomic E-state index is 11.3. The van der Waals surface area contributed by atoms with Crippen LogP contribution in [0.4, 0.5) is 0 Å². The van der Waals surface area contributed by atoms with Gasteiger partial charge in [0.2, 0.25) is 5.91 Å². The Kier molecular flexibility index (Phi) is 5.84. The molecule has 0 aromatic heterocycles. The van der Waals surface area contributed by atoms with E-state index in [1.54, 1.807) is 6.07 Å². The van der Waals surface area contributed by atoms with Gasteiger partial charge in [0.15, 0.2) is 0 Å². The SMILES string of the molecule is C[C@H]1CN(Cc2ccccc2)C[C@H]1NCCc1cccc(C(N)=O)c1. The lowest BCUT2D eigenvalue weighted by Crippen LogP contribution is -2.36. The number of benzene rings is 2. The molecule has 0 aliphatic carbocycles. The van der Waals surface area contributed by atoms with E-state index in [0.717, 1.165) is 38.2 Å². The molecule has 2 aromatic rings. The molecule has 0 bridgehead atoms. The Morgan fingerprint density at radius 3 is 2.64 bits per heavy atom. The zero-order valence-corrected chi connectivity index (χ0v) is 14.8. The molecule has 132 valence electrons. The Labute approximate surface area is 150 Å². The highest BCUT2D eigenvalue weighted by Gasteiger charge is 2.28. The zero-order chi connectivity index (χ0) is 17.6. The van der Waals surface area contributed by atoms with Crippen molar-refractivity contribution in [1.82, 2.24) is 10.2 Å². The lowest BCUT2D eigenvalue weighted by Gasteiger charge is -2.17. The Morgan fingerprint density at radius 1 is 1.12 bits per heavy atom. The van der Waals surface area contributed by atoms with Gasteiger partial charge in [0.05, 0.1) is 0 Å². The summed E-state index contributed by atoms with van der Waals surface area (Å²) < 4.78 is 0. The predicted molar refractivity (Wildman–Crippen MR) is 101 cm³/mol. The highest BCUT2D eigenvalue weighted by atomic mass is 16.1. The Balaban J connectivity index is 1.47. The van der Waals surface area contributed by atoms with Gasteiger partial charge in [0, 0.05) is 31.2 Å². The van der Waals surface area contributed by atoms with Gasteiger partial charge in [-0.25, -0.2) is 0 Å². The number of nitrogens with zero attached hydrogens (tertiary/aromatic N) is 1. The van der Waals surface area contributed by atoms with Crippen molar-refractivity contribution in [2.24, 2.45) is 11.7 Å². The highest BCUT2D eigenvalue weighted by molar-refractivity contribution is 5.92. The van der Waals surface area contributed by atoms with Crippen molar-refractivity contribution in [1.29, 1.82) is 0 Å². The van der Waals surface area contributed by atoms with Gasteiger partial charge >= 0.3 is 0 Å². The lowest BCUT2D eigenvalue weighted by molar-refractivity contribution is 0.1000. The molecule has 0 radical (unpaired) electrons. The first-order valence-corrected chi connectivity index (χ1v) is 9.00. The maximum Gasteiger partial charge on any atom is 0.248 e. The fourth-order valence-electron chi connectivity index (χ4n) is 3.59. The molecule has 0 unspecified atom stereocenters. The average Bonchev–Trinajstić information content (AvgIpc) is 2.95. The van der Waals surface area contributed by atoms with E-state index in [1.165, 1.54) is 5.56 Å². The molecule has 1 aliphatic rings. The van der Waals surface area contributed by atoms with Gasteiger partial charge in [-0.3, -0.25) is 9.69 Å². The van der Waals surface area contributed by atoms with Gasteiger partial charge in [-0.15, -0.1) is 0 Å². The molecule has 1 heterocycles. The van der Waals surface area contributed by atoms with Crippen LogP contribution in [0.3, 0.4) is 0 Å². The third kappa shape index (κ3) is 4.91. The van der Waals surface area contributed by atoms with Gasteiger partial charge in [0.25, 0.3) is 0 Å². The number of primary amides is 1. The minimum atomic E-state index is -0.365. The van der Waals surface area contributed by atoms with Gasteiger partial charge in [-0.2, -0.15) is 0 Å². The molecule has 0 spiro atoms. The normalized spacial score (nSPS) is 20.7. The van der Waals surface area contributed by atoms with E-state index >= 15 is 0 Å². The summed E-state index contributed by atoms with van der Waals surface area (Å²) in [5.41, 5.74) is 8.45. The van der Waals surface area contributed by atoms with Gasteiger partial charge in [-0.1, -0.05) is 49.4 Å². The van der Waals surface area contributed by atoms with E-state index in [1.807, 2.05) is 18.2 Å². The molecular formula is C21H27N3O. The van der Waals surface area contributed by atoms with Crippen LogP contribution in [0.2, 0.25) is 0 Å². The molecule has 1 fully saturated rings. The number of hydrogen-bond acceptors (Lipinski definition) is 3. The number of carbonyl (C=O) groups excluding carboxylic acids is 1. The molecule has 1 saturated heterocycles. The largest absolute Gasteiger partial charge is 0.366 e. The Morgan fingerprint density at radius 2 is 1.88 bits per heavy atom. The zero-order valence-electron chi connectivity index (χ0n) is 14.8. The average molecular weight is 337 g/mol. The minimum Gasteiger partial charge on any atom is -0.366 e. The number of carbonyl (C=O) groups is 1. The van der Waals surface area contributed by atoms with Gasteiger partial charge in [0.1, 0.15) is 0 Å². The third-order valence-corrected chi connectivity index (χ3v) is 4.97. The second kappa shape index (κ2) is 8.28. The van der Waals surface area contributed by atoms with E-state index in [-0.39, 0.29) is 5.91 Å². The van der Waals surface area contributed by atoms with Crippen molar-refractivity contribution in [2.45, 2.75) is 25.9 Å². The first-order valence-electron chi connectivity index (χ1n) is 9.00. The summed E-state index contributed by atoms with van der Waals surface area (Å²) in [6.07, 6.45) is 0.906. The van der Waals surface area contributed by atoms with E-state index < -0.39 is 0 Å². The molecule has 4 nitrogen and oxygen atoms in total. The van der Waals surface area contributed by atoms with Crippen molar-refractivity contribution in [3.05, 3.63) is 71.3 Å². The van der Waals surface area contributed by atoms with Crippen molar-refractivity contribution < 1.29 is 4.79 Å². The van der Waals surface area contributed by atoms with Crippen LogP contribution in [-0.4, -0.2) is 36.5 Å². The summed E-state index contributed by atoms with van der Waals surface area (Å²) >= 11 is 0. The number of nitrogens with one attached hydrogen (secondary N) is 1. The van der Waals surface area contributed by atoms with Crippen molar-refractivity contribution in [2.75, 3.05) is 19.6 Å². The number of amides is 1. The first kappa shape index (κ1) is 17.6. The summed E-state index contributed by atoms with van der Waals surface area (Å²) in [5.74, 6) is 0.274. The van der Waals surface area contributed by atoms with Crippen molar-refractivity contribution in [3.63, 3.8) is 0 Å². The standard InChI is InChI=1S/C21H27N3O/c1-16-13-24(14-18-6-3-2-4-7-18)15-20(16)23-11-10-17-8-5-9-19(12-17)21(22)25/h2-9,12,16,20,23H,10-11,13-15H2,1H3,(H2,22,25)/t16-,20+/m0/s1. The van der Waals surface area contributed by atoms with Crippen molar-refractivity contribution in [3.8, 4) is 0 Å². The van der Waals surface area contributed by atoms with Crippen molar-refractivity contribution >= 4 is 5.91 Å². The van der Waals surface area contributed by atoms with Gasteiger partial charge in [-0.05, 0) is 42.1 Å². The molecular weight excluding hydrogens is 310 g/mol. The molecule has 0 saturated carbocycles. The predicted octanol–water partition coefficient (Wildman–Crippen LogP) is 2.44. The Bertz CT molecular complexity index is 701. The fraction of sp³-hybridized carbons (Fsp3) is 0.381. The minimum absolute atomic E-state index is 0.365. The molecule has 3 rings (SSSR count). The monoisotopic (exact) mass is 337 g/mol. The maximum atomic E-state index is 11.3. The second-order valence-electron chi connectivity index (χ2n) is 7.03. The van der Waals surface area contributed by atoms with Crippen LogP contribution in [0.15, 0.2) is 54.6 Å². The van der Waals surface area contributed by atoms with Crippen LogP contribution in [0.5, 0.6) is 0 Å². The number of rotatable bonds is 7. The number of likely N-dealkylation sites (tertiary alicyclic amines) is 1. The van der Waals surface area contributed by atoms with E-state index in [0.29, 0.717) is 17.5 Å². The topological polar surface area (TPSA) is 58.4 Å². The van der Waals surface area contributed by atoms with E-state index in [4.69, 9.17) is 5.73 Å². The highest BCUT2D eigenvalue weighted by Crippen LogP contribution is 2.19. The molecule has 3 N–H and O–H groups in total. The summed E-state index contributed by atoms with van der Waals surface area (Å²) in [5, 5.41) is 3.69. The summed E-state index contributed by atoms with van der Waals surface area (Å²) in [6, 6.07) is 18.8. The van der Waals surface area contributed by atoms with Crippen LogP contribution in [0.25, 0.3) is 0 Å². The molecule has 1 amide bonds. The smallest absolute Gasteiger partial charge is 0.248 e. The molecule has 2 atom stereocenters. The summed E-state index contributed by atoms with van der Waals surface area (Å²) in [6.45, 7) is 6.46. The van der Waals surface area contributed by atoms with Crippen LogP contribution >= 0.6 is 0 Å². The summed E-state index contributed by atoms with van der Waals surface area (Å²) in [4.78, 5) is 13.8. The second-order valence-corrected chi connectivity index (χ2v) is 7.03. The van der Waals surface area contributed by atoms with Crippen LogP contribution in [-0.2, 0) is 13.0 Å².